The second-order valence-electron chi connectivity index (χ2n) is 7.51. The Morgan fingerprint density at radius 2 is 1.55 bits per heavy atom. The third-order valence-corrected chi connectivity index (χ3v) is 3.86. The van der Waals surface area contributed by atoms with Crippen molar-refractivity contribution in [2.75, 3.05) is 6.61 Å². The van der Waals surface area contributed by atoms with Gasteiger partial charge in [-0.2, -0.15) is 0 Å². The number of allylic oxidation sites excluding steroid dienone is 1. The van der Waals surface area contributed by atoms with Crippen molar-refractivity contribution < 1.29 is 14.0 Å². The lowest BCUT2D eigenvalue weighted by molar-refractivity contribution is -0.00447. The normalized spacial score (nSPS) is 21.9. The van der Waals surface area contributed by atoms with Gasteiger partial charge < -0.3 is 14.0 Å². The van der Waals surface area contributed by atoms with Gasteiger partial charge in [0, 0.05) is 6.61 Å². The average molecular weight is 282 g/mol. The van der Waals surface area contributed by atoms with Gasteiger partial charge in [-0.25, -0.2) is 0 Å². The van der Waals surface area contributed by atoms with E-state index in [1.54, 1.807) is 0 Å². The molecule has 4 heteroatoms. The number of ether oxygens (including phenoxy) is 1. The molecule has 20 heavy (non-hydrogen) atoms. The predicted molar refractivity (Wildman–Crippen MR) is 84.8 cm³/mol. The molecule has 1 heterocycles. The molecule has 0 aliphatic carbocycles. The number of unbranched alkanes of at least 4 members (excludes halogenated alkanes) is 2. The zero-order valence-electron chi connectivity index (χ0n) is 14.3. The van der Waals surface area contributed by atoms with Gasteiger partial charge >= 0.3 is 7.12 Å². The van der Waals surface area contributed by atoms with Crippen LogP contribution in [0.1, 0.15) is 67.7 Å². The van der Waals surface area contributed by atoms with E-state index in [9.17, 15) is 0 Å². The molecule has 1 aliphatic heterocycles. The Balaban J connectivity index is 2.18. The van der Waals surface area contributed by atoms with Crippen molar-refractivity contribution >= 4 is 7.12 Å². The zero-order valence-corrected chi connectivity index (χ0v) is 14.3. The topological polar surface area (TPSA) is 27.7 Å². The summed E-state index contributed by atoms with van der Waals surface area (Å²) in [7, 11) is -0.217. The quantitative estimate of drug-likeness (QED) is 0.541. The molecular formula is C16H31BO3. The van der Waals surface area contributed by atoms with E-state index in [1.807, 2.05) is 5.98 Å². The van der Waals surface area contributed by atoms with E-state index in [2.05, 4.69) is 54.5 Å². The first-order valence-corrected chi connectivity index (χ1v) is 7.70. The van der Waals surface area contributed by atoms with Crippen LogP contribution in [0.25, 0.3) is 0 Å². The Kier molecular flexibility index (Phi) is 5.88. The summed E-state index contributed by atoms with van der Waals surface area (Å²) >= 11 is 0. The van der Waals surface area contributed by atoms with Crippen LogP contribution in [0.4, 0.5) is 0 Å². The largest absolute Gasteiger partial charge is 0.486 e. The smallest absolute Gasteiger partial charge is 0.400 e. The van der Waals surface area contributed by atoms with Crippen molar-refractivity contribution in [1.82, 2.24) is 0 Å². The highest BCUT2D eigenvalue weighted by Crippen LogP contribution is 2.36. The molecule has 0 N–H and O–H groups in total. The van der Waals surface area contributed by atoms with Crippen molar-refractivity contribution in [1.29, 1.82) is 0 Å². The van der Waals surface area contributed by atoms with Gasteiger partial charge in [0.1, 0.15) is 0 Å². The first-order valence-electron chi connectivity index (χ1n) is 7.70. The number of rotatable bonds is 6. The minimum absolute atomic E-state index is 0.0292. The lowest BCUT2D eigenvalue weighted by atomic mass is 9.89. The molecule has 1 aliphatic rings. The molecule has 1 fully saturated rings. The fraction of sp³-hybridized carbons (Fsp3) is 0.875. The van der Waals surface area contributed by atoms with E-state index in [-0.39, 0.29) is 23.9 Å². The van der Waals surface area contributed by atoms with Gasteiger partial charge in [0.25, 0.3) is 0 Å². The van der Waals surface area contributed by atoms with Crippen LogP contribution in [0.2, 0.25) is 0 Å². The molecular weight excluding hydrogens is 251 g/mol. The SMILES string of the molecule is CC(C)(C)OCCCC/C=C/B1OC(C)(C)C(C)(C)O1. The first kappa shape index (κ1) is 17.7. The van der Waals surface area contributed by atoms with Crippen LogP contribution in [0.5, 0.6) is 0 Å². The van der Waals surface area contributed by atoms with Gasteiger partial charge in [0.05, 0.1) is 16.8 Å². The summed E-state index contributed by atoms with van der Waals surface area (Å²) in [6, 6.07) is 0. The summed E-state index contributed by atoms with van der Waals surface area (Å²) < 4.78 is 17.5. The third-order valence-electron chi connectivity index (χ3n) is 3.86. The fourth-order valence-corrected chi connectivity index (χ4v) is 1.92. The summed E-state index contributed by atoms with van der Waals surface area (Å²) in [6.45, 7) is 15.4. The minimum Gasteiger partial charge on any atom is -0.400 e. The second-order valence-corrected chi connectivity index (χ2v) is 7.51. The molecule has 1 rings (SSSR count). The summed E-state index contributed by atoms with van der Waals surface area (Å²) in [5, 5.41) is 0. The second kappa shape index (κ2) is 6.63. The van der Waals surface area contributed by atoms with E-state index < -0.39 is 0 Å². The summed E-state index contributed by atoms with van der Waals surface area (Å²) in [4.78, 5) is 0. The molecule has 0 bridgehead atoms. The van der Waals surface area contributed by atoms with Gasteiger partial charge in [-0.3, -0.25) is 0 Å². The summed E-state index contributed by atoms with van der Waals surface area (Å²) in [6.07, 6.45) is 5.41. The number of hydrogen-bond donors (Lipinski definition) is 0. The van der Waals surface area contributed by atoms with E-state index in [0.29, 0.717) is 0 Å². The molecule has 0 unspecified atom stereocenters. The lowest BCUT2D eigenvalue weighted by Crippen LogP contribution is -2.41. The fourth-order valence-electron chi connectivity index (χ4n) is 1.92. The minimum atomic E-state index is -0.247. The highest BCUT2D eigenvalue weighted by molar-refractivity contribution is 6.51. The molecule has 0 spiro atoms. The van der Waals surface area contributed by atoms with Crippen molar-refractivity contribution in [3.05, 3.63) is 12.1 Å². The molecule has 0 radical (unpaired) electrons. The van der Waals surface area contributed by atoms with Crippen molar-refractivity contribution in [3.63, 3.8) is 0 Å². The van der Waals surface area contributed by atoms with E-state index >= 15 is 0 Å². The molecule has 0 aromatic heterocycles. The maximum Gasteiger partial charge on any atom is 0.486 e. The molecule has 0 saturated carbocycles. The highest BCUT2D eigenvalue weighted by atomic mass is 16.7. The maximum atomic E-state index is 5.90. The Bertz CT molecular complexity index is 313. The molecule has 0 amide bonds. The average Bonchev–Trinajstić information content (AvgIpc) is 2.44. The maximum absolute atomic E-state index is 5.90. The Morgan fingerprint density at radius 1 is 1.00 bits per heavy atom. The third kappa shape index (κ3) is 5.59. The van der Waals surface area contributed by atoms with Crippen LogP contribution in [0.15, 0.2) is 12.1 Å². The molecule has 0 atom stereocenters. The zero-order chi connectivity index (χ0) is 15.4. The first-order chi connectivity index (χ1) is 9.04. The Hall–Kier alpha value is -0.315. The summed E-state index contributed by atoms with van der Waals surface area (Å²) in [5.74, 6) is 2.03. The van der Waals surface area contributed by atoms with Crippen LogP contribution in [-0.2, 0) is 14.0 Å². The lowest BCUT2D eigenvalue weighted by Gasteiger charge is -2.32. The van der Waals surface area contributed by atoms with Crippen molar-refractivity contribution in [2.45, 2.75) is 84.5 Å². The van der Waals surface area contributed by atoms with Gasteiger partial charge in [-0.1, -0.05) is 12.1 Å². The number of hydrogen-bond acceptors (Lipinski definition) is 3. The van der Waals surface area contributed by atoms with Gasteiger partial charge in [-0.05, 0) is 67.7 Å². The van der Waals surface area contributed by atoms with Crippen molar-refractivity contribution in [3.8, 4) is 0 Å². The van der Waals surface area contributed by atoms with Crippen LogP contribution >= 0.6 is 0 Å². The molecule has 0 aromatic rings. The Morgan fingerprint density at radius 3 is 2.05 bits per heavy atom. The predicted octanol–water partition coefficient (Wildman–Crippen LogP) is 4.16. The van der Waals surface area contributed by atoms with E-state index in [1.165, 1.54) is 0 Å². The molecule has 116 valence electrons. The molecule has 0 aromatic carbocycles. The van der Waals surface area contributed by atoms with Gasteiger partial charge in [0.2, 0.25) is 0 Å². The van der Waals surface area contributed by atoms with Gasteiger partial charge in [-0.15, -0.1) is 0 Å². The monoisotopic (exact) mass is 282 g/mol. The Labute approximate surface area is 125 Å². The van der Waals surface area contributed by atoms with Crippen LogP contribution in [0, 0.1) is 0 Å². The van der Waals surface area contributed by atoms with Crippen LogP contribution in [-0.4, -0.2) is 30.5 Å². The van der Waals surface area contributed by atoms with E-state index in [0.717, 1.165) is 25.9 Å². The highest BCUT2D eigenvalue weighted by Gasteiger charge is 2.49. The van der Waals surface area contributed by atoms with Crippen molar-refractivity contribution in [2.24, 2.45) is 0 Å². The van der Waals surface area contributed by atoms with Crippen LogP contribution in [0.3, 0.4) is 0 Å². The summed E-state index contributed by atoms with van der Waals surface area (Å²) in [5.41, 5.74) is -0.524. The van der Waals surface area contributed by atoms with E-state index in [4.69, 9.17) is 14.0 Å². The molecule has 3 nitrogen and oxygen atoms in total. The van der Waals surface area contributed by atoms with Gasteiger partial charge in [0.15, 0.2) is 0 Å². The molecule has 1 saturated heterocycles. The van der Waals surface area contributed by atoms with Crippen LogP contribution < -0.4 is 0 Å². The standard InChI is InChI=1S/C16H31BO3/c1-14(2,3)18-13-11-9-8-10-12-17-19-15(4,5)16(6,7)20-17/h10,12H,8-9,11,13H2,1-7H3/b12-10+.